The van der Waals surface area contributed by atoms with Crippen molar-refractivity contribution in [2.24, 2.45) is 0 Å². The molecule has 0 bridgehead atoms. The van der Waals surface area contributed by atoms with Gasteiger partial charge in [-0.3, -0.25) is 5.43 Å². The molecule has 0 atom stereocenters. The monoisotopic (exact) mass is 353 g/mol. The predicted octanol–water partition coefficient (Wildman–Crippen LogP) is 2.68. The third kappa shape index (κ3) is 4.13. The Kier molecular flexibility index (Phi) is 4.52. The molecule has 0 spiro atoms. The lowest BCUT2D eigenvalue weighted by Crippen LogP contribution is -2.30. The number of aromatic nitrogens is 1. The normalized spacial score (nSPS) is 12.2. The summed E-state index contributed by atoms with van der Waals surface area (Å²) < 4.78 is 87.1. The SMILES string of the molecule is O=S(=O)(NNc1ccc(C(F)(F)F)cn1)c1cc(F)ccc1F. The second-order valence-electron chi connectivity index (χ2n) is 4.24. The molecule has 2 rings (SSSR count). The summed E-state index contributed by atoms with van der Waals surface area (Å²) in [5, 5.41) is 0. The number of benzene rings is 1. The Morgan fingerprint density at radius 2 is 1.74 bits per heavy atom. The summed E-state index contributed by atoms with van der Waals surface area (Å²) in [7, 11) is -4.49. The molecule has 124 valence electrons. The van der Waals surface area contributed by atoms with E-state index in [0.717, 1.165) is 12.1 Å². The lowest BCUT2D eigenvalue weighted by molar-refractivity contribution is -0.137. The Morgan fingerprint density at radius 3 is 2.30 bits per heavy atom. The number of hydrogen-bond acceptors (Lipinski definition) is 4. The molecule has 5 nitrogen and oxygen atoms in total. The van der Waals surface area contributed by atoms with Crippen molar-refractivity contribution in [3.8, 4) is 0 Å². The van der Waals surface area contributed by atoms with Crippen molar-refractivity contribution < 1.29 is 30.4 Å². The number of nitrogens with zero attached hydrogens (tertiary/aromatic N) is 1. The third-order valence-corrected chi connectivity index (χ3v) is 3.85. The Balaban J connectivity index is 2.15. The summed E-state index contributed by atoms with van der Waals surface area (Å²) in [6.45, 7) is 0. The van der Waals surface area contributed by atoms with Crippen molar-refractivity contribution in [2.75, 3.05) is 5.43 Å². The number of rotatable bonds is 4. The zero-order chi connectivity index (χ0) is 17.3. The highest BCUT2D eigenvalue weighted by atomic mass is 32.2. The first-order valence-electron chi connectivity index (χ1n) is 5.86. The Hall–Kier alpha value is -2.27. The standard InChI is InChI=1S/C12H8F5N3O2S/c13-8-2-3-9(14)10(5-8)23(21,22)20-19-11-4-1-7(6-18-11)12(15,16)17/h1-6,20H,(H,18,19). The summed E-state index contributed by atoms with van der Waals surface area (Å²) in [6.07, 6.45) is -4.10. The number of pyridine rings is 1. The van der Waals surface area contributed by atoms with Crippen LogP contribution >= 0.6 is 0 Å². The molecule has 2 aromatic rings. The first-order chi connectivity index (χ1) is 10.6. The van der Waals surface area contributed by atoms with E-state index >= 15 is 0 Å². The van der Waals surface area contributed by atoms with Gasteiger partial charge >= 0.3 is 6.18 Å². The largest absolute Gasteiger partial charge is 0.417 e. The molecule has 11 heteroatoms. The lowest BCUT2D eigenvalue weighted by Gasteiger charge is -2.10. The van der Waals surface area contributed by atoms with Crippen molar-refractivity contribution in [1.29, 1.82) is 0 Å². The maximum atomic E-state index is 13.4. The number of anilines is 1. The van der Waals surface area contributed by atoms with Crippen LogP contribution in [0, 0.1) is 11.6 Å². The van der Waals surface area contributed by atoms with E-state index in [0.29, 0.717) is 24.4 Å². The molecule has 0 saturated carbocycles. The molecule has 1 aromatic carbocycles. The van der Waals surface area contributed by atoms with Crippen molar-refractivity contribution in [3.63, 3.8) is 0 Å². The lowest BCUT2D eigenvalue weighted by atomic mass is 10.3. The zero-order valence-electron chi connectivity index (χ0n) is 11.0. The number of halogens is 5. The van der Waals surface area contributed by atoms with Gasteiger partial charge in [0.05, 0.1) is 5.56 Å². The molecule has 2 N–H and O–H groups in total. The molecule has 0 unspecified atom stereocenters. The topological polar surface area (TPSA) is 71.1 Å². The van der Waals surface area contributed by atoms with E-state index < -0.39 is 38.3 Å². The second-order valence-corrected chi connectivity index (χ2v) is 5.89. The highest BCUT2D eigenvalue weighted by Gasteiger charge is 2.30. The number of nitrogens with one attached hydrogen (secondary N) is 2. The van der Waals surface area contributed by atoms with E-state index in [1.54, 1.807) is 4.83 Å². The van der Waals surface area contributed by atoms with Crippen molar-refractivity contribution in [1.82, 2.24) is 9.82 Å². The Bertz CT molecular complexity index is 806. The molecular formula is C12H8F5N3O2S. The van der Waals surface area contributed by atoms with Gasteiger partial charge in [0.25, 0.3) is 10.0 Å². The third-order valence-electron chi connectivity index (χ3n) is 2.59. The minimum Gasteiger partial charge on any atom is -0.292 e. The summed E-state index contributed by atoms with van der Waals surface area (Å²) in [4.78, 5) is 4.08. The van der Waals surface area contributed by atoms with Crippen LogP contribution in [-0.2, 0) is 16.2 Å². The molecule has 0 aliphatic heterocycles. The van der Waals surface area contributed by atoms with Crippen molar-refractivity contribution in [2.45, 2.75) is 11.1 Å². The molecule has 0 fully saturated rings. The maximum absolute atomic E-state index is 13.4. The minimum atomic E-state index is -4.59. The Labute approximate surface area is 127 Å². The van der Waals surface area contributed by atoms with Gasteiger partial charge in [-0.25, -0.2) is 22.2 Å². The average Bonchev–Trinajstić information content (AvgIpc) is 2.47. The van der Waals surface area contributed by atoms with E-state index in [1.807, 2.05) is 5.43 Å². The summed E-state index contributed by atoms with van der Waals surface area (Å²) in [5.41, 5.74) is 0.977. The van der Waals surface area contributed by atoms with Gasteiger partial charge in [0.1, 0.15) is 22.3 Å². The zero-order valence-corrected chi connectivity index (χ0v) is 11.8. The van der Waals surface area contributed by atoms with Crippen LogP contribution in [0.1, 0.15) is 5.56 Å². The molecule has 1 aromatic heterocycles. The van der Waals surface area contributed by atoms with Crippen LogP contribution in [0.3, 0.4) is 0 Å². The fourth-order valence-electron chi connectivity index (χ4n) is 1.49. The number of sulfonamides is 1. The van der Waals surface area contributed by atoms with Crippen LogP contribution in [0.2, 0.25) is 0 Å². The minimum absolute atomic E-state index is 0.265. The molecule has 0 aliphatic rings. The molecule has 0 saturated heterocycles. The van der Waals surface area contributed by atoms with E-state index in [4.69, 9.17) is 0 Å². The van der Waals surface area contributed by atoms with Gasteiger partial charge in [0.15, 0.2) is 0 Å². The quantitative estimate of drug-likeness (QED) is 0.655. The van der Waals surface area contributed by atoms with Crippen LogP contribution in [0.25, 0.3) is 0 Å². The summed E-state index contributed by atoms with van der Waals surface area (Å²) in [5.74, 6) is -2.43. The van der Waals surface area contributed by atoms with Gasteiger partial charge in [-0.2, -0.15) is 13.2 Å². The van der Waals surface area contributed by atoms with Crippen molar-refractivity contribution in [3.05, 3.63) is 53.7 Å². The number of alkyl halides is 3. The smallest absolute Gasteiger partial charge is 0.292 e. The fraction of sp³-hybridized carbons (Fsp3) is 0.0833. The van der Waals surface area contributed by atoms with Crippen LogP contribution in [-0.4, -0.2) is 13.4 Å². The van der Waals surface area contributed by atoms with Gasteiger partial charge in [0.2, 0.25) is 0 Å². The summed E-state index contributed by atoms with van der Waals surface area (Å²) in [6, 6.07) is 3.36. The molecule has 0 aliphatic carbocycles. The average molecular weight is 353 g/mol. The van der Waals surface area contributed by atoms with Crippen LogP contribution in [0.5, 0.6) is 0 Å². The predicted molar refractivity (Wildman–Crippen MR) is 69.5 cm³/mol. The fourth-order valence-corrected chi connectivity index (χ4v) is 2.43. The van der Waals surface area contributed by atoms with E-state index in [1.165, 1.54) is 0 Å². The van der Waals surface area contributed by atoms with E-state index in [2.05, 4.69) is 4.98 Å². The van der Waals surface area contributed by atoms with Crippen LogP contribution in [0.4, 0.5) is 27.8 Å². The summed E-state index contributed by atoms with van der Waals surface area (Å²) >= 11 is 0. The van der Waals surface area contributed by atoms with E-state index in [-0.39, 0.29) is 5.82 Å². The molecular weight excluding hydrogens is 345 g/mol. The van der Waals surface area contributed by atoms with Gasteiger partial charge in [0, 0.05) is 6.20 Å². The van der Waals surface area contributed by atoms with Crippen LogP contribution < -0.4 is 10.3 Å². The Morgan fingerprint density at radius 1 is 1.04 bits per heavy atom. The number of hydrazine groups is 1. The maximum Gasteiger partial charge on any atom is 0.417 e. The highest BCUT2D eigenvalue weighted by Crippen LogP contribution is 2.28. The van der Waals surface area contributed by atoms with Gasteiger partial charge in [-0.1, -0.05) is 0 Å². The first kappa shape index (κ1) is 17.1. The first-order valence-corrected chi connectivity index (χ1v) is 7.34. The molecule has 0 amide bonds. The van der Waals surface area contributed by atoms with Gasteiger partial charge in [-0.05, 0) is 30.3 Å². The molecule has 0 radical (unpaired) electrons. The molecule has 1 heterocycles. The van der Waals surface area contributed by atoms with Crippen LogP contribution in [0.15, 0.2) is 41.4 Å². The molecule has 23 heavy (non-hydrogen) atoms. The number of hydrogen-bond donors (Lipinski definition) is 2. The highest BCUT2D eigenvalue weighted by molar-refractivity contribution is 7.89. The van der Waals surface area contributed by atoms with Crippen molar-refractivity contribution >= 4 is 15.8 Å². The van der Waals surface area contributed by atoms with E-state index in [9.17, 15) is 30.4 Å². The van der Waals surface area contributed by atoms with Gasteiger partial charge in [-0.15, -0.1) is 4.83 Å². The van der Waals surface area contributed by atoms with Gasteiger partial charge < -0.3 is 0 Å². The second kappa shape index (κ2) is 6.08.